The lowest BCUT2D eigenvalue weighted by molar-refractivity contribution is 0.0658. The predicted octanol–water partition coefficient (Wildman–Crippen LogP) is 4.73. The topological polar surface area (TPSA) is 121 Å². The van der Waals surface area contributed by atoms with Crippen LogP contribution in [0.2, 0.25) is 0 Å². The van der Waals surface area contributed by atoms with Crippen molar-refractivity contribution in [1.82, 2.24) is 44.9 Å². The molecule has 0 aliphatic carbocycles. The van der Waals surface area contributed by atoms with E-state index in [0.717, 1.165) is 35.0 Å². The molecule has 1 saturated heterocycles. The average molecular weight is 560 g/mol. The van der Waals surface area contributed by atoms with Crippen LogP contribution in [0.1, 0.15) is 40.8 Å². The Bertz CT molecular complexity index is 1870. The highest BCUT2D eigenvalue weighted by atomic mass is 16.3. The van der Waals surface area contributed by atoms with E-state index in [9.17, 15) is 4.79 Å². The fourth-order valence-corrected chi connectivity index (χ4v) is 5.72. The number of pyridine rings is 1. The van der Waals surface area contributed by atoms with E-state index in [2.05, 4.69) is 37.6 Å². The number of likely N-dealkylation sites (tertiary alicyclic amines) is 1. The van der Waals surface area contributed by atoms with Gasteiger partial charge in [0.15, 0.2) is 11.4 Å². The number of benzene rings is 2. The Morgan fingerprint density at radius 1 is 1.00 bits per heavy atom. The standard InChI is InChI=1S/C31H29N9O2/c1-20-35-37-40(36-20)29(21-6-4-3-5-7-21)22-11-14-39(15-12-22)31(41)27-17-24(10-13-32-27)30-34-26-16-23(8-9-28(26)42-30)25-18-33-38(2)19-25/h3-10,13,16-19,22,29H,11-12,14-15H2,1-2H3/t29-/m0/s1. The molecule has 1 aliphatic heterocycles. The van der Waals surface area contributed by atoms with Crippen molar-refractivity contribution in [2.75, 3.05) is 13.1 Å². The van der Waals surface area contributed by atoms with Crippen molar-refractivity contribution in [2.24, 2.45) is 13.0 Å². The van der Waals surface area contributed by atoms with Crippen molar-refractivity contribution in [2.45, 2.75) is 25.8 Å². The van der Waals surface area contributed by atoms with Gasteiger partial charge in [-0.15, -0.1) is 10.2 Å². The fourth-order valence-electron chi connectivity index (χ4n) is 5.72. The molecule has 1 atom stereocenters. The predicted molar refractivity (Wildman–Crippen MR) is 155 cm³/mol. The first-order valence-corrected chi connectivity index (χ1v) is 14.0. The van der Waals surface area contributed by atoms with Crippen LogP contribution in [0.3, 0.4) is 0 Å². The Hall–Kier alpha value is -5.19. The van der Waals surface area contributed by atoms with Crippen molar-refractivity contribution in [3.8, 4) is 22.6 Å². The average Bonchev–Trinajstić information content (AvgIpc) is 3.77. The van der Waals surface area contributed by atoms with Crippen LogP contribution in [0.25, 0.3) is 33.7 Å². The van der Waals surface area contributed by atoms with Gasteiger partial charge in [0.1, 0.15) is 17.3 Å². The van der Waals surface area contributed by atoms with Gasteiger partial charge < -0.3 is 9.32 Å². The third-order valence-corrected chi connectivity index (χ3v) is 7.84. The molecule has 0 spiro atoms. The Morgan fingerprint density at radius 2 is 1.83 bits per heavy atom. The maximum Gasteiger partial charge on any atom is 0.272 e. The number of nitrogens with zero attached hydrogens (tertiary/aromatic N) is 9. The summed E-state index contributed by atoms with van der Waals surface area (Å²) < 4.78 is 7.82. The first-order valence-electron chi connectivity index (χ1n) is 14.0. The normalized spacial score (nSPS) is 14.9. The lowest BCUT2D eigenvalue weighted by Crippen LogP contribution is -2.41. The zero-order valence-corrected chi connectivity index (χ0v) is 23.3. The smallest absolute Gasteiger partial charge is 0.272 e. The molecular weight excluding hydrogens is 530 g/mol. The summed E-state index contributed by atoms with van der Waals surface area (Å²) in [7, 11) is 1.89. The van der Waals surface area contributed by atoms with Gasteiger partial charge in [0.25, 0.3) is 5.91 Å². The van der Waals surface area contributed by atoms with Crippen molar-refractivity contribution in [3.63, 3.8) is 0 Å². The van der Waals surface area contributed by atoms with Gasteiger partial charge in [-0.2, -0.15) is 9.90 Å². The highest BCUT2D eigenvalue weighted by Crippen LogP contribution is 2.34. The Labute approximate surface area is 241 Å². The second-order valence-corrected chi connectivity index (χ2v) is 10.7. The molecule has 42 heavy (non-hydrogen) atoms. The number of amides is 1. The molecule has 7 rings (SSSR count). The van der Waals surface area contributed by atoms with Crippen LogP contribution in [-0.4, -0.2) is 63.9 Å². The van der Waals surface area contributed by atoms with Crippen molar-refractivity contribution in [3.05, 3.63) is 96.3 Å². The van der Waals surface area contributed by atoms with Crippen LogP contribution in [0.15, 0.2) is 83.7 Å². The summed E-state index contributed by atoms with van der Waals surface area (Å²) in [5.74, 6) is 1.25. The van der Waals surface area contributed by atoms with Crippen LogP contribution in [0.5, 0.6) is 0 Å². The number of hydrogen-bond donors (Lipinski definition) is 0. The van der Waals surface area contributed by atoms with E-state index in [4.69, 9.17) is 9.40 Å². The molecule has 0 N–H and O–H groups in total. The van der Waals surface area contributed by atoms with E-state index in [0.29, 0.717) is 41.6 Å². The Kier molecular flexibility index (Phi) is 6.54. The lowest BCUT2D eigenvalue weighted by Gasteiger charge is -2.35. The minimum atomic E-state index is -0.101. The highest BCUT2D eigenvalue weighted by Gasteiger charge is 2.32. The maximum absolute atomic E-state index is 13.5. The van der Waals surface area contributed by atoms with Crippen molar-refractivity contribution >= 4 is 17.0 Å². The summed E-state index contributed by atoms with van der Waals surface area (Å²) in [5, 5.41) is 17.2. The second-order valence-electron chi connectivity index (χ2n) is 10.7. The Morgan fingerprint density at radius 3 is 2.57 bits per heavy atom. The van der Waals surface area contributed by atoms with E-state index in [1.54, 1.807) is 21.7 Å². The third kappa shape index (κ3) is 4.93. The summed E-state index contributed by atoms with van der Waals surface area (Å²) in [5.41, 5.74) is 5.65. The highest BCUT2D eigenvalue weighted by molar-refractivity contribution is 5.93. The number of carbonyl (C=O) groups excluding carboxylic acids is 1. The molecular formula is C31H29N9O2. The van der Waals surface area contributed by atoms with Gasteiger partial charge in [0.2, 0.25) is 5.89 Å². The summed E-state index contributed by atoms with van der Waals surface area (Å²) in [6.45, 7) is 3.08. The van der Waals surface area contributed by atoms with Crippen LogP contribution >= 0.6 is 0 Å². The SMILES string of the molecule is Cc1nnn([C@@H](c2ccccc2)C2CCN(C(=O)c3cc(-c4nc5cc(-c6cnn(C)c6)ccc5o4)ccn3)CC2)n1. The first-order chi connectivity index (χ1) is 20.5. The van der Waals surface area contributed by atoms with E-state index < -0.39 is 0 Å². The summed E-state index contributed by atoms with van der Waals surface area (Å²) in [6, 6.07) is 19.7. The van der Waals surface area contributed by atoms with Gasteiger partial charge in [0.05, 0.1) is 6.20 Å². The van der Waals surface area contributed by atoms with Gasteiger partial charge in [-0.05, 0) is 66.3 Å². The van der Waals surface area contributed by atoms with Crippen LogP contribution in [0, 0.1) is 12.8 Å². The maximum atomic E-state index is 13.5. The van der Waals surface area contributed by atoms with E-state index in [-0.39, 0.29) is 17.9 Å². The quantitative estimate of drug-likeness (QED) is 0.287. The van der Waals surface area contributed by atoms with E-state index >= 15 is 0 Å². The van der Waals surface area contributed by atoms with Gasteiger partial charge >= 0.3 is 0 Å². The van der Waals surface area contributed by atoms with Gasteiger partial charge in [-0.25, -0.2) is 4.98 Å². The van der Waals surface area contributed by atoms with Crippen LogP contribution in [0.4, 0.5) is 0 Å². The number of carbonyl (C=O) groups is 1. The van der Waals surface area contributed by atoms with Gasteiger partial charge in [-0.1, -0.05) is 36.4 Å². The molecule has 6 aromatic rings. The molecule has 1 aliphatic rings. The Balaban J connectivity index is 1.08. The first kappa shape index (κ1) is 25.8. The number of fused-ring (bicyclic) bond motifs is 1. The molecule has 0 saturated carbocycles. The molecule has 210 valence electrons. The number of rotatable bonds is 6. The number of hydrogen-bond acceptors (Lipinski definition) is 8. The van der Waals surface area contributed by atoms with E-state index in [1.807, 2.05) is 73.7 Å². The van der Waals surface area contributed by atoms with Crippen molar-refractivity contribution < 1.29 is 9.21 Å². The lowest BCUT2D eigenvalue weighted by atomic mass is 9.85. The minimum Gasteiger partial charge on any atom is -0.436 e. The largest absolute Gasteiger partial charge is 0.436 e. The third-order valence-electron chi connectivity index (χ3n) is 7.84. The summed E-state index contributed by atoms with van der Waals surface area (Å²) >= 11 is 0. The molecule has 0 bridgehead atoms. The molecule has 11 heteroatoms. The number of tetrazole rings is 1. The fraction of sp³-hybridized carbons (Fsp3) is 0.258. The molecule has 1 fully saturated rings. The molecule has 0 unspecified atom stereocenters. The van der Waals surface area contributed by atoms with Crippen molar-refractivity contribution in [1.29, 1.82) is 0 Å². The molecule has 4 aromatic heterocycles. The summed E-state index contributed by atoms with van der Waals surface area (Å²) in [4.78, 5) is 26.2. The summed E-state index contributed by atoms with van der Waals surface area (Å²) in [6.07, 6.45) is 7.04. The van der Waals surface area contributed by atoms with E-state index in [1.165, 1.54) is 0 Å². The number of oxazole rings is 1. The molecule has 0 radical (unpaired) electrons. The molecule has 11 nitrogen and oxygen atoms in total. The number of aryl methyl sites for hydroxylation is 2. The number of piperidine rings is 1. The molecule has 5 heterocycles. The van der Waals surface area contributed by atoms with Crippen LogP contribution in [-0.2, 0) is 7.05 Å². The zero-order valence-electron chi connectivity index (χ0n) is 23.3. The second kappa shape index (κ2) is 10.7. The van der Waals surface area contributed by atoms with Gasteiger partial charge in [0, 0.05) is 43.7 Å². The van der Waals surface area contributed by atoms with Crippen LogP contribution < -0.4 is 0 Å². The monoisotopic (exact) mass is 559 g/mol. The zero-order chi connectivity index (χ0) is 28.6. The molecule has 2 aromatic carbocycles. The molecule has 1 amide bonds. The number of aromatic nitrogens is 8. The van der Waals surface area contributed by atoms with Gasteiger partial charge in [-0.3, -0.25) is 14.5 Å². The minimum absolute atomic E-state index is 0.0380.